The highest BCUT2D eigenvalue weighted by Gasteiger charge is 2.21. The first-order valence-electron chi connectivity index (χ1n) is 14.1. The van der Waals surface area contributed by atoms with Gasteiger partial charge >= 0.3 is 0 Å². The number of halogens is 2. The van der Waals surface area contributed by atoms with E-state index >= 15 is 0 Å². The molecule has 39 heavy (non-hydrogen) atoms. The van der Waals surface area contributed by atoms with Crippen molar-refractivity contribution < 1.29 is 23.0 Å². The molecule has 7 heteroatoms. The Morgan fingerprint density at radius 2 is 1.62 bits per heavy atom. The van der Waals surface area contributed by atoms with E-state index in [1.807, 2.05) is 47.4 Å². The predicted octanol–water partition coefficient (Wildman–Crippen LogP) is 6.43. The molecule has 0 aromatic heterocycles. The van der Waals surface area contributed by atoms with E-state index in [1.165, 1.54) is 31.5 Å². The van der Waals surface area contributed by atoms with Gasteiger partial charge in [0.1, 0.15) is 25.4 Å². The number of hydrogen-bond acceptors (Lipinski definition) is 4. The Balaban J connectivity index is 0.000000147. The SMILES string of the molecule is CCN1CCC(c2ccc(F)cc2)CC1.FCC1COCO1.O=C(c1cccc2ccccc12)N1CCCC1. The minimum absolute atomic E-state index is 0.134. The van der Waals surface area contributed by atoms with Crippen LogP contribution in [0.4, 0.5) is 8.78 Å². The second-order valence-corrected chi connectivity index (χ2v) is 10.2. The lowest BCUT2D eigenvalue weighted by Gasteiger charge is -2.31. The molecule has 3 aromatic rings. The number of rotatable bonds is 4. The third-order valence-electron chi connectivity index (χ3n) is 7.65. The third-order valence-corrected chi connectivity index (χ3v) is 7.65. The second kappa shape index (κ2) is 15.1. The van der Waals surface area contributed by atoms with Crippen LogP contribution in [0.15, 0.2) is 66.7 Å². The van der Waals surface area contributed by atoms with Gasteiger partial charge in [-0.1, -0.05) is 55.5 Å². The Labute approximate surface area is 230 Å². The van der Waals surface area contributed by atoms with Crippen LogP contribution in [0, 0.1) is 5.82 Å². The molecule has 3 aliphatic rings. The number of benzene rings is 3. The van der Waals surface area contributed by atoms with Crippen molar-refractivity contribution in [3.8, 4) is 0 Å². The summed E-state index contributed by atoms with van der Waals surface area (Å²) in [7, 11) is 0. The van der Waals surface area contributed by atoms with Crippen LogP contribution in [-0.4, -0.2) is 74.6 Å². The molecule has 3 heterocycles. The highest BCUT2D eigenvalue weighted by Crippen LogP contribution is 2.27. The molecule has 0 aliphatic carbocycles. The molecule has 0 saturated carbocycles. The van der Waals surface area contributed by atoms with Gasteiger partial charge in [-0.05, 0) is 85.8 Å². The van der Waals surface area contributed by atoms with Crippen molar-refractivity contribution in [3.05, 3.63) is 83.7 Å². The van der Waals surface area contributed by atoms with Crippen molar-refractivity contribution in [2.75, 3.05) is 52.8 Å². The number of ether oxygens (including phenoxy) is 2. The molecular weight excluding hydrogens is 498 g/mol. The lowest BCUT2D eigenvalue weighted by atomic mass is 9.89. The Morgan fingerprint density at radius 3 is 2.23 bits per heavy atom. The highest BCUT2D eigenvalue weighted by molar-refractivity contribution is 6.07. The zero-order chi connectivity index (χ0) is 27.5. The smallest absolute Gasteiger partial charge is 0.254 e. The molecule has 0 radical (unpaired) electrons. The Bertz CT molecular complexity index is 1150. The number of hydrogen-bond donors (Lipinski definition) is 0. The zero-order valence-electron chi connectivity index (χ0n) is 22.9. The quantitative estimate of drug-likeness (QED) is 0.384. The van der Waals surface area contributed by atoms with Crippen molar-refractivity contribution >= 4 is 16.7 Å². The van der Waals surface area contributed by atoms with Crippen LogP contribution < -0.4 is 0 Å². The molecule has 1 atom stereocenters. The predicted molar refractivity (Wildman–Crippen MR) is 151 cm³/mol. The van der Waals surface area contributed by atoms with E-state index in [1.54, 1.807) is 12.1 Å². The van der Waals surface area contributed by atoms with Crippen LogP contribution in [0.3, 0.4) is 0 Å². The molecule has 1 unspecified atom stereocenters. The van der Waals surface area contributed by atoms with Gasteiger partial charge in [0.2, 0.25) is 0 Å². The highest BCUT2D eigenvalue weighted by atomic mass is 19.1. The van der Waals surface area contributed by atoms with Crippen molar-refractivity contribution in [2.45, 2.75) is 44.6 Å². The summed E-state index contributed by atoms with van der Waals surface area (Å²) in [5.74, 6) is 0.678. The summed E-state index contributed by atoms with van der Waals surface area (Å²) in [5, 5.41) is 2.20. The number of nitrogens with zero attached hydrogens (tertiary/aromatic N) is 2. The largest absolute Gasteiger partial charge is 0.353 e. The van der Waals surface area contributed by atoms with E-state index in [0.717, 1.165) is 48.8 Å². The number of alkyl halides is 1. The van der Waals surface area contributed by atoms with E-state index < -0.39 is 6.67 Å². The van der Waals surface area contributed by atoms with E-state index in [4.69, 9.17) is 4.74 Å². The maximum absolute atomic E-state index is 12.8. The van der Waals surface area contributed by atoms with Crippen molar-refractivity contribution in [3.63, 3.8) is 0 Å². The first-order valence-corrected chi connectivity index (χ1v) is 14.1. The molecule has 0 bridgehead atoms. The topological polar surface area (TPSA) is 42.0 Å². The van der Waals surface area contributed by atoms with Gasteiger partial charge in [-0.3, -0.25) is 4.79 Å². The van der Waals surface area contributed by atoms with Crippen molar-refractivity contribution in [2.24, 2.45) is 0 Å². The number of fused-ring (bicyclic) bond motifs is 1. The number of piperidine rings is 1. The van der Waals surface area contributed by atoms with Crippen LogP contribution >= 0.6 is 0 Å². The first kappa shape index (κ1) is 29.1. The van der Waals surface area contributed by atoms with Gasteiger partial charge in [0.05, 0.1) is 6.61 Å². The molecule has 0 spiro atoms. The number of likely N-dealkylation sites (tertiary alicyclic amines) is 2. The average molecular weight is 539 g/mol. The van der Waals surface area contributed by atoms with Gasteiger partial charge in [-0.15, -0.1) is 0 Å². The Morgan fingerprint density at radius 1 is 0.923 bits per heavy atom. The van der Waals surface area contributed by atoms with Gasteiger partial charge in [0.15, 0.2) is 0 Å². The molecule has 1 amide bonds. The van der Waals surface area contributed by atoms with Crippen LogP contribution in [-0.2, 0) is 9.47 Å². The molecule has 5 nitrogen and oxygen atoms in total. The molecular formula is C32H40F2N2O3. The maximum atomic E-state index is 12.8. The van der Waals surface area contributed by atoms with Gasteiger partial charge < -0.3 is 19.3 Å². The summed E-state index contributed by atoms with van der Waals surface area (Å²) >= 11 is 0. The number of carbonyl (C=O) groups excluding carboxylic acids is 1. The first-order chi connectivity index (χ1) is 19.1. The summed E-state index contributed by atoms with van der Waals surface area (Å²) in [6.45, 7) is 7.76. The minimum Gasteiger partial charge on any atom is -0.353 e. The van der Waals surface area contributed by atoms with Crippen molar-refractivity contribution in [1.29, 1.82) is 0 Å². The summed E-state index contributed by atoms with van der Waals surface area (Å²) < 4.78 is 33.6. The van der Waals surface area contributed by atoms with E-state index in [0.29, 0.717) is 12.5 Å². The third kappa shape index (κ3) is 8.31. The number of carbonyl (C=O) groups is 1. The summed E-state index contributed by atoms with van der Waals surface area (Å²) in [6.07, 6.45) is 4.39. The summed E-state index contributed by atoms with van der Waals surface area (Å²) in [5.41, 5.74) is 2.14. The molecule has 210 valence electrons. The summed E-state index contributed by atoms with van der Waals surface area (Å²) in [4.78, 5) is 16.8. The van der Waals surface area contributed by atoms with Crippen LogP contribution in [0.2, 0.25) is 0 Å². The molecule has 3 fully saturated rings. The van der Waals surface area contributed by atoms with E-state index in [9.17, 15) is 13.6 Å². The molecule has 3 aliphatic heterocycles. The fourth-order valence-corrected chi connectivity index (χ4v) is 5.28. The monoisotopic (exact) mass is 538 g/mol. The Kier molecular flexibility index (Phi) is 11.2. The van der Waals surface area contributed by atoms with Crippen LogP contribution in [0.5, 0.6) is 0 Å². The van der Waals surface area contributed by atoms with Gasteiger partial charge in [0, 0.05) is 18.7 Å². The molecule has 3 aromatic carbocycles. The standard InChI is InChI=1S/C15H15NO.C13H18FN.C4H7FO2/c17-15(16-10-3-4-11-16)14-9-5-7-12-6-1-2-8-13(12)14;1-2-15-9-7-12(8-10-15)11-3-5-13(14)6-4-11;5-1-4-2-6-3-7-4/h1-2,5-9H,3-4,10-11H2;3-6,12H,2,7-10H2,1H3;4H,1-3H2. The van der Waals surface area contributed by atoms with E-state index in [-0.39, 0.29) is 24.6 Å². The Hall–Kier alpha value is -2.87. The molecule has 6 rings (SSSR count). The average Bonchev–Trinajstić information content (AvgIpc) is 3.73. The van der Waals surface area contributed by atoms with Crippen LogP contribution in [0.25, 0.3) is 10.8 Å². The molecule has 3 saturated heterocycles. The van der Waals surface area contributed by atoms with Crippen LogP contribution in [0.1, 0.15) is 54.4 Å². The van der Waals surface area contributed by atoms with Gasteiger partial charge in [-0.25, -0.2) is 8.78 Å². The zero-order valence-corrected chi connectivity index (χ0v) is 22.9. The summed E-state index contributed by atoms with van der Waals surface area (Å²) in [6, 6.07) is 21.0. The fraction of sp³-hybridized carbons (Fsp3) is 0.469. The molecule has 0 N–H and O–H groups in total. The second-order valence-electron chi connectivity index (χ2n) is 10.2. The van der Waals surface area contributed by atoms with Crippen molar-refractivity contribution in [1.82, 2.24) is 9.80 Å². The fourth-order valence-electron chi connectivity index (χ4n) is 5.28. The lowest BCUT2D eigenvalue weighted by Crippen LogP contribution is -2.32. The lowest BCUT2D eigenvalue weighted by molar-refractivity contribution is 0.0399. The minimum atomic E-state index is -0.431. The number of amides is 1. The normalized spacial score (nSPS) is 19.8. The van der Waals surface area contributed by atoms with E-state index in [2.05, 4.69) is 28.7 Å². The maximum Gasteiger partial charge on any atom is 0.254 e. The van der Waals surface area contributed by atoms with Gasteiger partial charge in [-0.2, -0.15) is 0 Å². The van der Waals surface area contributed by atoms with Gasteiger partial charge in [0.25, 0.3) is 5.91 Å².